The molecule has 7 heteroatoms. The van der Waals surface area contributed by atoms with Crippen molar-refractivity contribution in [2.75, 3.05) is 12.4 Å². The van der Waals surface area contributed by atoms with Crippen LogP contribution in [0.3, 0.4) is 0 Å². The number of esters is 1. The number of benzene rings is 1. The van der Waals surface area contributed by atoms with Crippen LogP contribution in [0.25, 0.3) is 11.0 Å². The second-order valence-electron chi connectivity index (χ2n) is 5.11. The number of nitrogens with zero attached hydrogens (tertiary/aromatic N) is 3. The summed E-state index contributed by atoms with van der Waals surface area (Å²) in [5, 5.41) is 12.3. The first-order valence-corrected chi connectivity index (χ1v) is 7.17. The molecule has 3 aromatic rings. The molecule has 0 bridgehead atoms. The van der Waals surface area contributed by atoms with E-state index in [2.05, 4.69) is 15.3 Å². The zero-order valence-corrected chi connectivity index (χ0v) is 13.4. The first-order chi connectivity index (χ1) is 11.5. The maximum absolute atomic E-state index is 11.8. The van der Waals surface area contributed by atoms with Gasteiger partial charge in [-0.2, -0.15) is 5.26 Å². The first-order valence-electron chi connectivity index (χ1n) is 7.17. The van der Waals surface area contributed by atoms with Gasteiger partial charge in [0.15, 0.2) is 5.82 Å². The van der Waals surface area contributed by atoms with Crippen LogP contribution in [0.4, 0.5) is 11.7 Å². The first kappa shape index (κ1) is 15.5. The highest BCUT2D eigenvalue weighted by atomic mass is 16.5. The van der Waals surface area contributed by atoms with Crippen LogP contribution >= 0.6 is 0 Å². The van der Waals surface area contributed by atoms with Crippen LogP contribution in [0, 0.1) is 25.2 Å². The molecular weight excluding hydrogens is 308 g/mol. The van der Waals surface area contributed by atoms with E-state index in [0.717, 1.165) is 5.52 Å². The molecule has 3 rings (SSSR count). The Morgan fingerprint density at radius 2 is 1.92 bits per heavy atom. The fourth-order valence-electron chi connectivity index (χ4n) is 2.40. The van der Waals surface area contributed by atoms with E-state index in [-0.39, 0.29) is 17.0 Å². The highest BCUT2D eigenvalue weighted by Gasteiger charge is 2.25. The van der Waals surface area contributed by atoms with E-state index < -0.39 is 5.97 Å². The minimum Gasteiger partial charge on any atom is -0.465 e. The average molecular weight is 322 g/mol. The predicted octanol–water partition coefficient (Wildman–Crippen LogP) is 3.24. The van der Waals surface area contributed by atoms with Crippen LogP contribution in [-0.2, 0) is 4.74 Å². The predicted molar refractivity (Wildman–Crippen MR) is 87.1 cm³/mol. The molecule has 0 amide bonds. The van der Waals surface area contributed by atoms with Crippen molar-refractivity contribution in [1.29, 1.82) is 5.26 Å². The van der Waals surface area contributed by atoms with Gasteiger partial charge in [0.1, 0.15) is 23.0 Å². The average Bonchev–Trinajstić information content (AvgIpc) is 2.90. The molecule has 0 spiro atoms. The van der Waals surface area contributed by atoms with Gasteiger partial charge in [0.25, 0.3) is 0 Å². The molecule has 1 N–H and O–H groups in total. The number of hydrogen-bond acceptors (Lipinski definition) is 7. The van der Waals surface area contributed by atoms with Gasteiger partial charge in [-0.05, 0) is 26.0 Å². The maximum atomic E-state index is 11.8. The largest absolute Gasteiger partial charge is 0.465 e. The number of furan rings is 1. The standard InChI is InChI=1S/C17H14N4O3/c1-9-15(20-13-7-5-4-6-12(13)19-9)21-16-11(8-18)14(10(2)24-16)17(22)23-3/h4-7H,1-3H3,(H,20,21). The van der Waals surface area contributed by atoms with Crippen LogP contribution in [0.15, 0.2) is 28.7 Å². The summed E-state index contributed by atoms with van der Waals surface area (Å²) in [6.07, 6.45) is 0. The molecule has 0 unspecified atom stereocenters. The second-order valence-corrected chi connectivity index (χ2v) is 5.11. The van der Waals surface area contributed by atoms with Crippen molar-refractivity contribution in [3.05, 3.63) is 46.8 Å². The summed E-state index contributed by atoms with van der Waals surface area (Å²) >= 11 is 0. The molecule has 0 saturated heterocycles. The van der Waals surface area contributed by atoms with Crippen molar-refractivity contribution >= 4 is 28.7 Å². The number of anilines is 2. The van der Waals surface area contributed by atoms with Gasteiger partial charge in [-0.15, -0.1) is 0 Å². The Labute approximate surface area is 137 Å². The molecule has 0 atom stereocenters. The zero-order valence-electron chi connectivity index (χ0n) is 13.4. The Hall–Kier alpha value is -3.40. The van der Waals surface area contributed by atoms with Crippen LogP contribution < -0.4 is 5.32 Å². The summed E-state index contributed by atoms with van der Waals surface area (Å²) < 4.78 is 10.2. The minimum atomic E-state index is -0.623. The van der Waals surface area contributed by atoms with Gasteiger partial charge < -0.3 is 14.5 Å². The lowest BCUT2D eigenvalue weighted by molar-refractivity contribution is 0.0598. The van der Waals surface area contributed by atoms with Crippen LogP contribution in [0.1, 0.15) is 27.4 Å². The Morgan fingerprint density at radius 1 is 1.25 bits per heavy atom. The molecule has 24 heavy (non-hydrogen) atoms. The van der Waals surface area contributed by atoms with Gasteiger partial charge in [0, 0.05) is 0 Å². The number of methoxy groups -OCH3 is 1. The third-order valence-electron chi connectivity index (χ3n) is 3.56. The van der Waals surface area contributed by atoms with Crippen LogP contribution in [-0.4, -0.2) is 23.0 Å². The normalized spacial score (nSPS) is 10.4. The van der Waals surface area contributed by atoms with Gasteiger partial charge in [0.05, 0.1) is 23.8 Å². The Balaban J connectivity index is 2.08. The summed E-state index contributed by atoms with van der Waals surface area (Å²) in [4.78, 5) is 20.8. The number of carbonyl (C=O) groups is 1. The van der Waals surface area contributed by atoms with Gasteiger partial charge in [-0.3, -0.25) is 0 Å². The molecule has 0 aliphatic rings. The smallest absolute Gasteiger partial charge is 0.342 e. The number of nitrogens with one attached hydrogen (secondary N) is 1. The molecule has 0 fully saturated rings. The van der Waals surface area contributed by atoms with Crippen molar-refractivity contribution in [3.63, 3.8) is 0 Å². The summed E-state index contributed by atoms with van der Waals surface area (Å²) in [5.41, 5.74) is 2.31. The molecule has 1 aromatic carbocycles. The van der Waals surface area contributed by atoms with Crippen molar-refractivity contribution in [2.24, 2.45) is 0 Å². The Kier molecular flexibility index (Phi) is 3.88. The number of para-hydroxylation sites is 2. The van der Waals surface area contributed by atoms with Crippen LogP contribution in [0.2, 0.25) is 0 Å². The maximum Gasteiger partial charge on any atom is 0.342 e. The molecule has 0 saturated carbocycles. The van der Waals surface area contributed by atoms with Gasteiger partial charge in [0.2, 0.25) is 5.88 Å². The highest BCUT2D eigenvalue weighted by molar-refractivity contribution is 5.95. The molecule has 2 heterocycles. The van der Waals surface area contributed by atoms with E-state index in [9.17, 15) is 10.1 Å². The third-order valence-corrected chi connectivity index (χ3v) is 3.56. The SMILES string of the molecule is COC(=O)c1c(C)oc(Nc2nc3ccccc3nc2C)c1C#N. The Bertz CT molecular complexity index is 985. The molecule has 7 nitrogen and oxygen atoms in total. The molecule has 120 valence electrons. The lowest BCUT2D eigenvalue weighted by atomic mass is 10.1. The molecule has 2 aromatic heterocycles. The quantitative estimate of drug-likeness (QED) is 0.738. The number of ether oxygens (including phenoxy) is 1. The monoisotopic (exact) mass is 322 g/mol. The van der Waals surface area contributed by atoms with Crippen molar-refractivity contribution in [1.82, 2.24) is 9.97 Å². The van der Waals surface area contributed by atoms with E-state index in [1.165, 1.54) is 7.11 Å². The molecule has 0 aliphatic carbocycles. The number of hydrogen-bond donors (Lipinski definition) is 1. The van der Waals surface area contributed by atoms with E-state index >= 15 is 0 Å². The van der Waals surface area contributed by atoms with Gasteiger partial charge >= 0.3 is 5.97 Å². The zero-order chi connectivity index (χ0) is 17.3. The Morgan fingerprint density at radius 3 is 2.54 bits per heavy atom. The molecule has 0 radical (unpaired) electrons. The van der Waals surface area contributed by atoms with Crippen LogP contribution in [0.5, 0.6) is 0 Å². The summed E-state index contributed by atoms with van der Waals surface area (Å²) in [5.74, 6) is 0.271. The second kappa shape index (κ2) is 6.01. The lowest BCUT2D eigenvalue weighted by Gasteiger charge is -2.07. The highest BCUT2D eigenvalue weighted by Crippen LogP contribution is 2.30. The van der Waals surface area contributed by atoms with Crippen molar-refractivity contribution < 1.29 is 13.9 Å². The summed E-state index contributed by atoms with van der Waals surface area (Å²) in [6.45, 7) is 3.39. The van der Waals surface area contributed by atoms with E-state index in [1.807, 2.05) is 30.3 Å². The lowest BCUT2D eigenvalue weighted by Crippen LogP contribution is -2.05. The minimum absolute atomic E-state index is 0.0775. The van der Waals surface area contributed by atoms with Gasteiger partial charge in [-0.25, -0.2) is 14.8 Å². The molecule has 0 aliphatic heterocycles. The van der Waals surface area contributed by atoms with E-state index in [0.29, 0.717) is 22.8 Å². The number of aromatic nitrogens is 2. The fourth-order valence-corrected chi connectivity index (χ4v) is 2.40. The number of rotatable bonds is 3. The number of aryl methyl sites for hydroxylation is 2. The summed E-state index contributed by atoms with van der Waals surface area (Å²) in [6, 6.07) is 9.43. The topological polar surface area (TPSA) is 101 Å². The van der Waals surface area contributed by atoms with E-state index in [4.69, 9.17) is 9.15 Å². The van der Waals surface area contributed by atoms with Gasteiger partial charge in [-0.1, -0.05) is 12.1 Å². The molecular formula is C17H14N4O3. The third kappa shape index (κ3) is 2.54. The van der Waals surface area contributed by atoms with E-state index in [1.54, 1.807) is 13.8 Å². The summed E-state index contributed by atoms with van der Waals surface area (Å²) in [7, 11) is 1.25. The van der Waals surface area contributed by atoms with Crippen molar-refractivity contribution in [2.45, 2.75) is 13.8 Å². The number of nitriles is 1. The fraction of sp³-hybridized carbons (Fsp3) is 0.176. The van der Waals surface area contributed by atoms with Crippen molar-refractivity contribution in [3.8, 4) is 6.07 Å². The number of carbonyl (C=O) groups excluding carboxylic acids is 1. The number of fused-ring (bicyclic) bond motifs is 1.